The third-order valence-corrected chi connectivity index (χ3v) is 3.22. The topological polar surface area (TPSA) is 73.7 Å². The van der Waals surface area contributed by atoms with Crippen molar-refractivity contribution in [2.75, 3.05) is 18.0 Å². The standard InChI is InChI=1S/C12H15FN2O3/c1-7-6-15(3-2-10(7)16)11-9(12(17)18)4-8(13)5-14-11/h4-5,7,10,16H,2-3,6H2,1H3,(H,17,18). The van der Waals surface area contributed by atoms with Crippen molar-refractivity contribution in [3.8, 4) is 0 Å². The zero-order valence-corrected chi connectivity index (χ0v) is 10.0. The summed E-state index contributed by atoms with van der Waals surface area (Å²) in [5.74, 6) is -1.56. The molecule has 0 aromatic carbocycles. The first kappa shape index (κ1) is 12.8. The number of aromatic nitrogens is 1. The van der Waals surface area contributed by atoms with Gasteiger partial charge in [0.15, 0.2) is 0 Å². The van der Waals surface area contributed by atoms with Crippen LogP contribution in [0.15, 0.2) is 12.3 Å². The number of piperidine rings is 1. The summed E-state index contributed by atoms with van der Waals surface area (Å²) in [5.41, 5.74) is -0.140. The Kier molecular flexibility index (Phi) is 3.47. The summed E-state index contributed by atoms with van der Waals surface area (Å²) in [6.07, 6.45) is 1.19. The number of rotatable bonds is 2. The summed E-state index contributed by atoms with van der Waals surface area (Å²) in [6.45, 7) is 2.92. The van der Waals surface area contributed by atoms with Crippen LogP contribution < -0.4 is 4.90 Å². The molecule has 98 valence electrons. The van der Waals surface area contributed by atoms with Crippen molar-refractivity contribution in [3.05, 3.63) is 23.6 Å². The molecule has 2 rings (SSSR count). The highest BCUT2D eigenvalue weighted by Crippen LogP contribution is 2.25. The number of pyridine rings is 1. The van der Waals surface area contributed by atoms with Gasteiger partial charge in [-0.15, -0.1) is 0 Å². The van der Waals surface area contributed by atoms with Gasteiger partial charge < -0.3 is 15.1 Å². The number of aliphatic hydroxyl groups is 1. The van der Waals surface area contributed by atoms with E-state index in [-0.39, 0.29) is 23.4 Å². The van der Waals surface area contributed by atoms with Gasteiger partial charge in [-0.1, -0.05) is 6.92 Å². The van der Waals surface area contributed by atoms with E-state index in [1.165, 1.54) is 0 Å². The van der Waals surface area contributed by atoms with Crippen LogP contribution in [0.3, 0.4) is 0 Å². The van der Waals surface area contributed by atoms with Gasteiger partial charge in [0.1, 0.15) is 17.2 Å². The molecule has 2 N–H and O–H groups in total. The van der Waals surface area contributed by atoms with Crippen molar-refractivity contribution in [3.63, 3.8) is 0 Å². The van der Waals surface area contributed by atoms with Crippen LogP contribution in [0.2, 0.25) is 0 Å². The third-order valence-electron chi connectivity index (χ3n) is 3.22. The minimum atomic E-state index is -1.20. The second kappa shape index (κ2) is 4.89. The summed E-state index contributed by atoms with van der Waals surface area (Å²) < 4.78 is 13.0. The summed E-state index contributed by atoms with van der Waals surface area (Å²) >= 11 is 0. The predicted molar refractivity (Wildman–Crippen MR) is 63.2 cm³/mol. The Morgan fingerprint density at radius 1 is 1.61 bits per heavy atom. The maximum Gasteiger partial charge on any atom is 0.339 e. The van der Waals surface area contributed by atoms with E-state index in [9.17, 15) is 14.3 Å². The minimum Gasteiger partial charge on any atom is -0.478 e. The minimum absolute atomic E-state index is 0.0345. The molecule has 0 aliphatic carbocycles. The first-order chi connectivity index (χ1) is 8.49. The molecule has 0 amide bonds. The van der Waals surface area contributed by atoms with Gasteiger partial charge in [0.2, 0.25) is 0 Å². The highest BCUT2D eigenvalue weighted by Gasteiger charge is 2.27. The number of hydrogen-bond acceptors (Lipinski definition) is 4. The molecule has 0 saturated carbocycles. The molecule has 0 bridgehead atoms. The lowest BCUT2D eigenvalue weighted by molar-refractivity contribution is 0.0695. The molecule has 1 fully saturated rings. The number of halogens is 1. The van der Waals surface area contributed by atoms with Gasteiger partial charge in [-0.25, -0.2) is 14.2 Å². The third kappa shape index (κ3) is 2.43. The van der Waals surface area contributed by atoms with E-state index < -0.39 is 11.8 Å². The maximum atomic E-state index is 13.0. The van der Waals surface area contributed by atoms with Gasteiger partial charge in [-0.2, -0.15) is 0 Å². The number of carbonyl (C=O) groups is 1. The second-order valence-corrected chi connectivity index (χ2v) is 4.61. The fourth-order valence-corrected chi connectivity index (χ4v) is 2.17. The number of nitrogens with zero attached hydrogens (tertiary/aromatic N) is 2. The number of aromatic carboxylic acids is 1. The van der Waals surface area contributed by atoms with Gasteiger partial charge in [-0.3, -0.25) is 0 Å². The van der Waals surface area contributed by atoms with E-state index >= 15 is 0 Å². The fraction of sp³-hybridized carbons (Fsp3) is 0.500. The molecule has 1 aromatic rings. The van der Waals surface area contributed by atoms with Crippen molar-refractivity contribution in [2.45, 2.75) is 19.4 Å². The molecule has 5 nitrogen and oxygen atoms in total. The molecule has 1 saturated heterocycles. The van der Waals surface area contributed by atoms with Crippen LogP contribution in [0.5, 0.6) is 0 Å². The largest absolute Gasteiger partial charge is 0.478 e. The fourth-order valence-electron chi connectivity index (χ4n) is 2.17. The first-order valence-electron chi connectivity index (χ1n) is 5.81. The predicted octanol–water partition coefficient (Wildman–Crippen LogP) is 1.13. The van der Waals surface area contributed by atoms with Gasteiger partial charge in [-0.05, 0) is 18.4 Å². The Morgan fingerprint density at radius 2 is 2.33 bits per heavy atom. The summed E-state index contributed by atoms with van der Waals surface area (Å²) in [6, 6.07) is 0.973. The molecule has 1 aromatic heterocycles. The average Bonchev–Trinajstić information content (AvgIpc) is 2.32. The summed E-state index contributed by atoms with van der Waals surface area (Å²) in [4.78, 5) is 16.7. The Morgan fingerprint density at radius 3 is 2.94 bits per heavy atom. The number of aliphatic hydroxyl groups excluding tert-OH is 1. The lowest BCUT2D eigenvalue weighted by Crippen LogP contribution is -2.43. The summed E-state index contributed by atoms with van der Waals surface area (Å²) in [7, 11) is 0. The van der Waals surface area contributed by atoms with Gasteiger partial charge >= 0.3 is 5.97 Å². The number of carboxylic acids is 1. The Bertz CT molecular complexity index is 467. The van der Waals surface area contributed by atoms with E-state index in [1.807, 2.05) is 6.92 Å². The Balaban J connectivity index is 2.30. The van der Waals surface area contributed by atoms with Crippen molar-refractivity contribution < 1.29 is 19.4 Å². The molecule has 6 heteroatoms. The quantitative estimate of drug-likeness (QED) is 0.827. The van der Waals surface area contributed by atoms with Gasteiger partial charge in [0.05, 0.1) is 12.3 Å². The first-order valence-corrected chi connectivity index (χ1v) is 5.81. The molecule has 1 aliphatic rings. The molecule has 0 spiro atoms. The SMILES string of the molecule is CC1CN(c2ncc(F)cc2C(=O)O)CCC1O. The molecule has 2 heterocycles. The van der Waals surface area contributed by atoms with Crippen LogP contribution in [0.25, 0.3) is 0 Å². The molecule has 2 atom stereocenters. The molecular formula is C12H15FN2O3. The molecule has 2 unspecified atom stereocenters. The van der Waals surface area contributed by atoms with Crippen molar-refractivity contribution >= 4 is 11.8 Å². The van der Waals surface area contributed by atoms with Crippen LogP contribution in [-0.4, -0.2) is 40.4 Å². The van der Waals surface area contributed by atoms with Crippen LogP contribution in [0.1, 0.15) is 23.7 Å². The Hall–Kier alpha value is -1.69. The smallest absolute Gasteiger partial charge is 0.339 e. The molecular weight excluding hydrogens is 239 g/mol. The number of anilines is 1. The molecule has 1 aliphatic heterocycles. The molecule has 18 heavy (non-hydrogen) atoms. The number of carboxylic acid groups (broad SMARTS) is 1. The monoisotopic (exact) mass is 254 g/mol. The average molecular weight is 254 g/mol. The maximum absolute atomic E-state index is 13.0. The lowest BCUT2D eigenvalue weighted by atomic mass is 9.96. The molecule has 0 radical (unpaired) electrons. The van der Waals surface area contributed by atoms with E-state index in [0.29, 0.717) is 19.5 Å². The zero-order chi connectivity index (χ0) is 13.3. The normalized spacial score (nSPS) is 24.1. The van der Waals surface area contributed by atoms with E-state index in [4.69, 9.17) is 5.11 Å². The second-order valence-electron chi connectivity index (χ2n) is 4.61. The van der Waals surface area contributed by atoms with Crippen molar-refractivity contribution in [2.24, 2.45) is 5.92 Å². The highest BCUT2D eigenvalue weighted by molar-refractivity contribution is 5.93. The zero-order valence-electron chi connectivity index (χ0n) is 10.0. The number of hydrogen-bond donors (Lipinski definition) is 2. The van der Waals surface area contributed by atoms with E-state index in [2.05, 4.69) is 4.98 Å². The van der Waals surface area contributed by atoms with Crippen molar-refractivity contribution in [1.82, 2.24) is 4.98 Å². The highest BCUT2D eigenvalue weighted by atomic mass is 19.1. The Labute approximate surface area is 104 Å². The van der Waals surface area contributed by atoms with Crippen LogP contribution in [0.4, 0.5) is 10.2 Å². The van der Waals surface area contributed by atoms with Crippen molar-refractivity contribution in [1.29, 1.82) is 0 Å². The summed E-state index contributed by atoms with van der Waals surface area (Å²) in [5, 5.41) is 18.7. The van der Waals surface area contributed by atoms with E-state index in [1.54, 1.807) is 4.90 Å². The van der Waals surface area contributed by atoms with Gasteiger partial charge in [0.25, 0.3) is 0 Å². The lowest BCUT2D eigenvalue weighted by Gasteiger charge is -2.35. The van der Waals surface area contributed by atoms with Crippen LogP contribution >= 0.6 is 0 Å². The van der Waals surface area contributed by atoms with Crippen LogP contribution in [-0.2, 0) is 0 Å². The van der Waals surface area contributed by atoms with E-state index in [0.717, 1.165) is 12.3 Å². The van der Waals surface area contributed by atoms with Gasteiger partial charge in [0, 0.05) is 13.1 Å². The van der Waals surface area contributed by atoms with Crippen LogP contribution in [0, 0.1) is 11.7 Å².